The summed E-state index contributed by atoms with van der Waals surface area (Å²) in [6.45, 7) is 1.21. The Morgan fingerprint density at radius 3 is 2.50 bits per heavy atom. The van der Waals surface area contributed by atoms with Gasteiger partial charge in [0.15, 0.2) is 0 Å². The van der Waals surface area contributed by atoms with E-state index in [-0.39, 0.29) is 22.9 Å². The van der Waals surface area contributed by atoms with E-state index < -0.39 is 10.0 Å². The second-order valence-corrected chi connectivity index (χ2v) is 8.29. The largest absolute Gasteiger partial charge is 0.368 e. The monoisotopic (exact) mass is 372 g/mol. The molecule has 136 valence electrons. The lowest BCUT2D eigenvalue weighted by Gasteiger charge is -2.38. The Hall–Kier alpha value is -2.45. The smallest absolute Gasteiger partial charge is 0.253 e. The number of likely N-dealkylation sites (tertiary alicyclic amines) is 1. The quantitative estimate of drug-likeness (QED) is 0.837. The van der Waals surface area contributed by atoms with Crippen LogP contribution >= 0.6 is 0 Å². The minimum Gasteiger partial charge on any atom is -0.368 e. The molecule has 2 aliphatic heterocycles. The molecule has 2 aromatic rings. The van der Waals surface area contributed by atoms with Crippen LogP contribution in [0.5, 0.6) is 0 Å². The number of sulfonamides is 1. The summed E-state index contributed by atoms with van der Waals surface area (Å²) in [4.78, 5) is 18.6. The van der Waals surface area contributed by atoms with Crippen molar-refractivity contribution in [2.24, 2.45) is 5.92 Å². The number of fused-ring (bicyclic) bond motifs is 1. The molecule has 26 heavy (non-hydrogen) atoms. The Balaban J connectivity index is 1.44. The zero-order valence-corrected chi connectivity index (χ0v) is 14.9. The number of carbonyl (C=O) groups is 1. The van der Waals surface area contributed by atoms with Crippen molar-refractivity contribution in [1.82, 2.24) is 14.6 Å². The highest BCUT2D eigenvalue weighted by Gasteiger charge is 2.35. The number of para-hydroxylation sites is 1. The highest BCUT2D eigenvalue weighted by Crippen LogP contribution is 2.30. The lowest BCUT2D eigenvalue weighted by Crippen LogP contribution is -2.52. The molecule has 0 spiro atoms. The van der Waals surface area contributed by atoms with Gasteiger partial charge in [-0.3, -0.25) is 9.78 Å². The van der Waals surface area contributed by atoms with Gasteiger partial charge in [0.25, 0.3) is 5.91 Å². The van der Waals surface area contributed by atoms with Crippen LogP contribution in [0.25, 0.3) is 0 Å². The van der Waals surface area contributed by atoms with E-state index in [0.29, 0.717) is 24.3 Å². The topological polar surface area (TPSA) is 91.4 Å². The molecule has 0 saturated carbocycles. The Morgan fingerprint density at radius 1 is 1.08 bits per heavy atom. The molecule has 0 radical (unpaired) electrons. The molecule has 1 fully saturated rings. The van der Waals surface area contributed by atoms with Crippen LogP contribution in [0, 0.1) is 5.92 Å². The maximum atomic E-state index is 12.5. The van der Waals surface area contributed by atoms with Gasteiger partial charge >= 0.3 is 0 Å². The number of rotatable bonds is 2. The van der Waals surface area contributed by atoms with Gasteiger partial charge in [0.1, 0.15) is 4.90 Å². The van der Waals surface area contributed by atoms with E-state index >= 15 is 0 Å². The maximum Gasteiger partial charge on any atom is 0.253 e. The second-order valence-electron chi connectivity index (χ2n) is 6.60. The third kappa shape index (κ3) is 3.17. The van der Waals surface area contributed by atoms with Gasteiger partial charge in [0.2, 0.25) is 10.0 Å². The number of hydrogen-bond donors (Lipinski definition) is 2. The molecule has 4 rings (SSSR count). The number of amides is 1. The predicted molar refractivity (Wildman–Crippen MR) is 97.0 cm³/mol. The third-order valence-corrected chi connectivity index (χ3v) is 6.49. The molecule has 0 bridgehead atoms. The molecule has 2 N–H and O–H groups in total. The summed E-state index contributed by atoms with van der Waals surface area (Å²) in [6.07, 6.45) is 4.34. The number of carbonyl (C=O) groups excluding carboxylic acids is 1. The molecule has 1 aromatic heterocycles. The van der Waals surface area contributed by atoms with Gasteiger partial charge in [0, 0.05) is 31.0 Å². The van der Waals surface area contributed by atoms with Crippen LogP contribution in [0.1, 0.15) is 23.2 Å². The van der Waals surface area contributed by atoms with Crippen LogP contribution in [0.4, 0.5) is 5.69 Å². The fourth-order valence-corrected chi connectivity index (χ4v) is 4.96. The fourth-order valence-electron chi connectivity index (χ4n) is 3.57. The molecule has 1 amide bonds. The molecule has 0 aliphatic carbocycles. The first kappa shape index (κ1) is 17.0. The lowest BCUT2D eigenvalue weighted by molar-refractivity contribution is 0.0679. The number of hydrogen-bond acceptors (Lipinski definition) is 5. The number of piperidine rings is 1. The van der Waals surface area contributed by atoms with E-state index in [2.05, 4.69) is 15.0 Å². The van der Waals surface area contributed by atoms with Crippen LogP contribution in [0.15, 0.2) is 53.7 Å². The molecule has 1 atom stereocenters. The highest BCUT2D eigenvalue weighted by atomic mass is 32.2. The minimum atomic E-state index is -3.51. The van der Waals surface area contributed by atoms with Crippen molar-refractivity contribution < 1.29 is 13.2 Å². The van der Waals surface area contributed by atoms with Crippen molar-refractivity contribution in [2.75, 3.05) is 18.4 Å². The molecule has 3 heterocycles. The van der Waals surface area contributed by atoms with E-state index in [9.17, 15) is 13.2 Å². The van der Waals surface area contributed by atoms with Crippen molar-refractivity contribution in [1.29, 1.82) is 0 Å². The van der Waals surface area contributed by atoms with Crippen molar-refractivity contribution >= 4 is 21.6 Å². The average Bonchev–Trinajstić information content (AvgIpc) is 2.68. The Bertz CT molecular complexity index is 909. The SMILES string of the molecule is O=C(c1ccncc1)N1CCC([C@H]2Nc3ccccc3S(=O)(=O)N2)CC1. The van der Waals surface area contributed by atoms with Gasteiger partial charge in [-0.1, -0.05) is 12.1 Å². The van der Waals surface area contributed by atoms with Gasteiger partial charge in [0.05, 0.1) is 11.9 Å². The van der Waals surface area contributed by atoms with Crippen LogP contribution in [-0.4, -0.2) is 43.5 Å². The number of pyridine rings is 1. The zero-order valence-electron chi connectivity index (χ0n) is 14.1. The Labute approximate surface area is 152 Å². The number of aromatic nitrogens is 1. The molecule has 7 nitrogen and oxygen atoms in total. The first-order chi connectivity index (χ1) is 12.5. The summed E-state index contributed by atoms with van der Waals surface area (Å²) in [5, 5.41) is 3.30. The average molecular weight is 372 g/mol. The number of nitrogens with one attached hydrogen (secondary N) is 2. The number of anilines is 1. The standard InChI is InChI=1S/C18H20N4O3S/c23-18(14-5-9-19-10-6-14)22-11-7-13(8-12-22)17-20-15-3-1-2-4-16(15)26(24,25)21-17/h1-6,9-10,13,17,20-21H,7-8,11-12H2/t17-/m0/s1. The van der Waals surface area contributed by atoms with E-state index in [0.717, 1.165) is 12.8 Å². The van der Waals surface area contributed by atoms with Gasteiger partial charge in [-0.2, -0.15) is 4.72 Å². The van der Waals surface area contributed by atoms with Crippen LogP contribution in [0.2, 0.25) is 0 Å². The van der Waals surface area contributed by atoms with E-state index in [1.807, 2.05) is 11.0 Å². The molecule has 8 heteroatoms. The van der Waals surface area contributed by atoms with Crippen LogP contribution in [-0.2, 0) is 10.0 Å². The molecular formula is C18H20N4O3S. The van der Waals surface area contributed by atoms with E-state index in [1.165, 1.54) is 0 Å². The lowest BCUT2D eigenvalue weighted by atomic mass is 9.93. The van der Waals surface area contributed by atoms with Gasteiger partial charge in [-0.25, -0.2) is 8.42 Å². The zero-order chi connectivity index (χ0) is 18.1. The molecule has 0 unspecified atom stereocenters. The molecular weight excluding hydrogens is 352 g/mol. The number of nitrogens with zero attached hydrogens (tertiary/aromatic N) is 2. The van der Waals surface area contributed by atoms with Gasteiger partial charge in [-0.05, 0) is 43.0 Å². The number of benzene rings is 1. The van der Waals surface area contributed by atoms with Crippen LogP contribution in [0.3, 0.4) is 0 Å². The normalized spacial score (nSPS) is 22.3. The summed E-state index contributed by atoms with van der Waals surface area (Å²) in [5.74, 6) is 0.119. The first-order valence-electron chi connectivity index (χ1n) is 8.62. The van der Waals surface area contributed by atoms with E-state index in [4.69, 9.17) is 0 Å². The van der Waals surface area contributed by atoms with Crippen molar-refractivity contribution in [3.05, 3.63) is 54.4 Å². The summed E-state index contributed by atoms with van der Waals surface area (Å²) >= 11 is 0. The fraction of sp³-hybridized carbons (Fsp3) is 0.333. The maximum absolute atomic E-state index is 12.5. The van der Waals surface area contributed by atoms with Crippen LogP contribution < -0.4 is 10.0 Å². The summed E-state index contributed by atoms with van der Waals surface area (Å²) in [7, 11) is -3.51. The summed E-state index contributed by atoms with van der Waals surface area (Å²) < 4.78 is 27.7. The van der Waals surface area contributed by atoms with Crippen molar-refractivity contribution in [2.45, 2.75) is 23.9 Å². The highest BCUT2D eigenvalue weighted by molar-refractivity contribution is 7.89. The van der Waals surface area contributed by atoms with Crippen molar-refractivity contribution in [3.8, 4) is 0 Å². The van der Waals surface area contributed by atoms with E-state index in [1.54, 1.807) is 42.7 Å². The summed E-state index contributed by atoms with van der Waals surface area (Å²) in [6, 6.07) is 10.3. The third-order valence-electron chi connectivity index (χ3n) is 5.00. The van der Waals surface area contributed by atoms with Gasteiger partial charge in [-0.15, -0.1) is 0 Å². The molecule has 2 aliphatic rings. The summed E-state index contributed by atoms with van der Waals surface area (Å²) in [5.41, 5.74) is 1.26. The van der Waals surface area contributed by atoms with Crippen molar-refractivity contribution in [3.63, 3.8) is 0 Å². The molecule has 1 aromatic carbocycles. The first-order valence-corrected chi connectivity index (χ1v) is 10.1. The second kappa shape index (κ2) is 6.69. The Kier molecular flexibility index (Phi) is 4.37. The molecule has 1 saturated heterocycles. The predicted octanol–water partition coefficient (Wildman–Crippen LogP) is 1.66. The van der Waals surface area contributed by atoms with Gasteiger partial charge < -0.3 is 10.2 Å². The minimum absolute atomic E-state index is 0.00613. The Morgan fingerprint density at radius 2 is 1.77 bits per heavy atom.